The number of H-pyrrole nitrogens is 1. The second-order valence-corrected chi connectivity index (χ2v) is 5.93. The van der Waals surface area contributed by atoms with Gasteiger partial charge in [0.1, 0.15) is 5.75 Å². The summed E-state index contributed by atoms with van der Waals surface area (Å²) in [5.41, 5.74) is 7.22. The van der Waals surface area contributed by atoms with Crippen LogP contribution in [-0.4, -0.2) is 21.7 Å². The molecule has 120 valence electrons. The lowest BCUT2D eigenvalue weighted by atomic mass is 9.94. The van der Waals surface area contributed by atoms with E-state index in [0.29, 0.717) is 5.56 Å². The van der Waals surface area contributed by atoms with Gasteiger partial charge in [0, 0.05) is 16.5 Å². The number of carbonyl (C=O) groups excluding carboxylic acids is 1. The van der Waals surface area contributed by atoms with Gasteiger partial charge in [0.15, 0.2) is 0 Å². The number of nitrogens with one attached hydrogen (secondary N) is 2. The monoisotopic (exact) mass is 319 g/mol. The molecular formula is C19H17N3O2. The highest BCUT2D eigenvalue weighted by Gasteiger charge is 2.20. The van der Waals surface area contributed by atoms with Crippen molar-refractivity contribution in [2.75, 3.05) is 0 Å². The van der Waals surface area contributed by atoms with Crippen LogP contribution in [0.1, 0.15) is 34.5 Å². The fourth-order valence-electron chi connectivity index (χ4n) is 3.21. The van der Waals surface area contributed by atoms with Crippen LogP contribution in [0.4, 0.5) is 0 Å². The smallest absolute Gasteiger partial charge is 0.271 e. The number of aromatic nitrogens is 1. The van der Waals surface area contributed by atoms with E-state index >= 15 is 0 Å². The molecular weight excluding hydrogens is 302 g/mol. The SMILES string of the molecule is O=C(NN=C1CCCc2c1[nH]c1ccccc21)c1cccc(O)c1. The summed E-state index contributed by atoms with van der Waals surface area (Å²) in [5.74, 6) is -0.271. The van der Waals surface area contributed by atoms with Gasteiger partial charge in [0.2, 0.25) is 0 Å². The summed E-state index contributed by atoms with van der Waals surface area (Å²) in [5, 5.41) is 15.0. The van der Waals surface area contributed by atoms with Crippen LogP contribution < -0.4 is 5.43 Å². The number of hydrogen-bond donors (Lipinski definition) is 3. The normalized spacial score (nSPS) is 15.4. The molecule has 0 radical (unpaired) electrons. The Morgan fingerprint density at radius 2 is 2.00 bits per heavy atom. The van der Waals surface area contributed by atoms with E-state index < -0.39 is 0 Å². The van der Waals surface area contributed by atoms with Gasteiger partial charge in [-0.25, -0.2) is 5.43 Å². The van der Waals surface area contributed by atoms with E-state index in [1.807, 2.05) is 12.1 Å². The van der Waals surface area contributed by atoms with E-state index in [0.717, 1.165) is 36.2 Å². The number of phenolic OH excluding ortho intramolecular Hbond substituents is 1. The molecule has 0 saturated heterocycles. The van der Waals surface area contributed by atoms with Crippen molar-refractivity contribution in [3.63, 3.8) is 0 Å². The number of amides is 1. The Kier molecular flexibility index (Phi) is 3.54. The maximum Gasteiger partial charge on any atom is 0.271 e. The molecule has 0 fully saturated rings. The fourth-order valence-corrected chi connectivity index (χ4v) is 3.21. The number of aromatic amines is 1. The third-order valence-corrected chi connectivity index (χ3v) is 4.34. The standard InChI is InChI=1S/C19H17N3O2/c23-13-6-3-5-12(11-13)19(24)22-21-17-10-4-8-15-14-7-1-2-9-16(14)20-18(15)17/h1-3,5-7,9,11,20,23H,4,8,10H2,(H,22,24). The largest absolute Gasteiger partial charge is 0.508 e. The first-order valence-corrected chi connectivity index (χ1v) is 7.98. The van der Waals surface area contributed by atoms with Crippen molar-refractivity contribution in [3.05, 3.63) is 65.4 Å². The van der Waals surface area contributed by atoms with E-state index in [9.17, 15) is 9.90 Å². The molecule has 0 atom stereocenters. The summed E-state index contributed by atoms with van der Waals surface area (Å²) in [7, 11) is 0. The summed E-state index contributed by atoms with van der Waals surface area (Å²) in [6, 6.07) is 14.4. The number of nitrogens with zero attached hydrogens (tertiary/aromatic N) is 1. The Balaban J connectivity index is 1.64. The first-order chi connectivity index (χ1) is 11.7. The lowest BCUT2D eigenvalue weighted by Crippen LogP contribution is -2.22. The summed E-state index contributed by atoms with van der Waals surface area (Å²) in [6.07, 6.45) is 2.84. The molecule has 1 aliphatic rings. The second-order valence-electron chi connectivity index (χ2n) is 5.93. The molecule has 5 heteroatoms. The Labute approximate surface area is 139 Å². The summed E-state index contributed by atoms with van der Waals surface area (Å²) >= 11 is 0. The van der Waals surface area contributed by atoms with Crippen LogP contribution >= 0.6 is 0 Å². The molecule has 1 aliphatic carbocycles. The molecule has 0 unspecified atom stereocenters. The molecule has 1 aromatic heterocycles. The number of fused-ring (bicyclic) bond motifs is 3. The van der Waals surface area contributed by atoms with Crippen LogP contribution in [0.2, 0.25) is 0 Å². The van der Waals surface area contributed by atoms with Gasteiger partial charge in [-0.1, -0.05) is 24.3 Å². The van der Waals surface area contributed by atoms with Crippen LogP contribution in [0.5, 0.6) is 5.75 Å². The fraction of sp³-hybridized carbons (Fsp3) is 0.158. The molecule has 0 saturated carbocycles. The number of carbonyl (C=O) groups is 1. The number of para-hydroxylation sites is 1. The van der Waals surface area contributed by atoms with E-state index in [4.69, 9.17) is 0 Å². The van der Waals surface area contributed by atoms with Gasteiger partial charge >= 0.3 is 0 Å². The highest BCUT2D eigenvalue weighted by molar-refractivity contribution is 6.07. The molecule has 0 bridgehead atoms. The van der Waals surface area contributed by atoms with Crippen LogP contribution in [0.3, 0.4) is 0 Å². The van der Waals surface area contributed by atoms with Crippen LogP contribution in [0.25, 0.3) is 10.9 Å². The zero-order valence-corrected chi connectivity index (χ0v) is 13.0. The van der Waals surface area contributed by atoms with Crippen LogP contribution in [0.15, 0.2) is 53.6 Å². The van der Waals surface area contributed by atoms with Crippen molar-refractivity contribution >= 4 is 22.5 Å². The maximum atomic E-state index is 12.2. The molecule has 0 spiro atoms. The third-order valence-electron chi connectivity index (χ3n) is 4.34. The van der Waals surface area contributed by atoms with Crippen molar-refractivity contribution in [2.24, 2.45) is 5.10 Å². The van der Waals surface area contributed by atoms with Gasteiger partial charge < -0.3 is 10.1 Å². The molecule has 4 rings (SSSR count). The number of hydrogen-bond acceptors (Lipinski definition) is 3. The number of aryl methyl sites for hydroxylation is 1. The van der Waals surface area contributed by atoms with Gasteiger partial charge in [0.25, 0.3) is 5.91 Å². The van der Waals surface area contributed by atoms with Crippen molar-refractivity contribution in [3.8, 4) is 5.75 Å². The Bertz CT molecular complexity index is 956. The molecule has 0 aliphatic heterocycles. The highest BCUT2D eigenvalue weighted by Crippen LogP contribution is 2.29. The first kappa shape index (κ1) is 14.5. The molecule has 3 N–H and O–H groups in total. The number of hydrazone groups is 1. The van der Waals surface area contributed by atoms with E-state index in [2.05, 4.69) is 27.6 Å². The maximum absolute atomic E-state index is 12.2. The molecule has 1 heterocycles. The van der Waals surface area contributed by atoms with Crippen LogP contribution in [0, 0.1) is 0 Å². The molecule has 5 nitrogen and oxygen atoms in total. The Morgan fingerprint density at radius 3 is 2.88 bits per heavy atom. The predicted molar refractivity (Wildman–Crippen MR) is 93.3 cm³/mol. The lowest BCUT2D eigenvalue weighted by Gasteiger charge is -2.14. The molecule has 1 amide bonds. The number of phenols is 1. The Hall–Kier alpha value is -3.08. The highest BCUT2D eigenvalue weighted by atomic mass is 16.3. The van der Waals surface area contributed by atoms with Gasteiger partial charge in [0.05, 0.1) is 11.4 Å². The number of rotatable bonds is 2. The van der Waals surface area contributed by atoms with Crippen molar-refractivity contribution < 1.29 is 9.90 Å². The summed E-state index contributed by atoms with van der Waals surface area (Å²) < 4.78 is 0. The molecule has 2 aromatic carbocycles. The number of aromatic hydroxyl groups is 1. The second kappa shape index (κ2) is 5.85. The third kappa shape index (κ3) is 2.54. The minimum Gasteiger partial charge on any atom is -0.508 e. The van der Waals surface area contributed by atoms with Gasteiger partial charge in [-0.15, -0.1) is 0 Å². The lowest BCUT2D eigenvalue weighted by molar-refractivity contribution is 0.0954. The predicted octanol–water partition coefficient (Wildman–Crippen LogP) is 3.34. The molecule has 3 aromatic rings. The Morgan fingerprint density at radius 1 is 1.12 bits per heavy atom. The zero-order valence-electron chi connectivity index (χ0n) is 13.0. The number of benzene rings is 2. The van der Waals surface area contributed by atoms with Gasteiger partial charge in [-0.3, -0.25) is 4.79 Å². The van der Waals surface area contributed by atoms with Crippen molar-refractivity contribution in [1.82, 2.24) is 10.4 Å². The first-order valence-electron chi connectivity index (χ1n) is 7.98. The minimum atomic E-state index is -0.332. The minimum absolute atomic E-state index is 0.0610. The average molecular weight is 319 g/mol. The molecule has 24 heavy (non-hydrogen) atoms. The van der Waals surface area contributed by atoms with Crippen LogP contribution in [-0.2, 0) is 6.42 Å². The van der Waals surface area contributed by atoms with Crippen molar-refractivity contribution in [1.29, 1.82) is 0 Å². The topological polar surface area (TPSA) is 77.5 Å². The van der Waals surface area contributed by atoms with Gasteiger partial charge in [-0.2, -0.15) is 5.10 Å². The zero-order chi connectivity index (χ0) is 16.5. The quantitative estimate of drug-likeness (QED) is 0.634. The summed E-state index contributed by atoms with van der Waals surface area (Å²) in [6.45, 7) is 0. The van der Waals surface area contributed by atoms with Crippen molar-refractivity contribution in [2.45, 2.75) is 19.3 Å². The van der Waals surface area contributed by atoms with Gasteiger partial charge in [-0.05, 0) is 49.1 Å². The summed E-state index contributed by atoms with van der Waals surface area (Å²) in [4.78, 5) is 15.6. The van der Waals surface area contributed by atoms with E-state index in [-0.39, 0.29) is 11.7 Å². The average Bonchev–Trinajstić information content (AvgIpc) is 2.99. The van der Waals surface area contributed by atoms with E-state index in [1.165, 1.54) is 23.1 Å². The van der Waals surface area contributed by atoms with E-state index in [1.54, 1.807) is 12.1 Å².